The lowest BCUT2D eigenvalue weighted by atomic mass is 9.95. The van der Waals surface area contributed by atoms with Gasteiger partial charge in [-0.3, -0.25) is 0 Å². The van der Waals surface area contributed by atoms with E-state index in [0.717, 1.165) is 32.3 Å². The molecule has 2 unspecified atom stereocenters. The summed E-state index contributed by atoms with van der Waals surface area (Å²) in [5, 5.41) is 15.7. The predicted molar refractivity (Wildman–Crippen MR) is 84.3 cm³/mol. The van der Waals surface area contributed by atoms with Crippen LogP contribution in [0.1, 0.15) is 59.3 Å². The van der Waals surface area contributed by atoms with E-state index in [9.17, 15) is 9.90 Å². The highest BCUT2D eigenvalue weighted by atomic mass is 16.5. The summed E-state index contributed by atoms with van der Waals surface area (Å²) in [5.74, 6) is 0.556. The Morgan fingerprint density at radius 3 is 2.76 bits per heavy atom. The van der Waals surface area contributed by atoms with Crippen LogP contribution in [0, 0.1) is 5.92 Å². The van der Waals surface area contributed by atoms with E-state index in [0.29, 0.717) is 18.9 Å². The van der Waals surface area contributed by atoms with E-state index >= 15 is 0 Å². The van der Waals surface area contributed by atoms with Crippen LogP contribution in [0.15, 0.2) is 0 Å². The lowest BCUT2D eigenvalue weighted by Crippen LogP contribution is -2.45. The average Bonchev–Trinajstić information content (AvgIpc) is 2.44. The van der Waals surface area contributed by atoms with Gasteiger partial charge < -0.3 is 20.5 Å². The molecular weight excluding hydrogens is 268 g/mol. The van der Waals surface area contributed by atoms with Crippen LogP contribution in [-0.4, -0.2) is 42.5 Å². The molecule has 0 aromatic rings. The number of nitrogens with one attached hydrogen (secondary N) is 2. The zero-order valence-corrected chi connectivity index (χ0v) is 13.8. The molecule has 2 amide bonds. The van der Waals surface area contributed by atoms with E-state index in [1.807, 2.05) is 0 Å². The van der Waals surface area contributed by atoms with Crippen molar-refractivity contribution in [3.05, 3.63) is 0 Å². The molecule has 3 N–H and O–H groups in total. The third-order valence-corrected chi connectivity index (χ3v) is 3.92. The highest BCUT2D eigenvalue weighted by molar-refractivity contribution is 5.73. The Hall–Kier alpha value is -0.810. The van der Waals surface area contributed by atoms with Gasteiger partial charge in [0.15, 0.2) is 0 Å². The van der Waals surface area contributed by atoms with Crippen LogP contribution in [0.25, 0.3) is 0 Å². The second kappa shape index (κ2) is 9.26. The number of carbonyl (C=O) groups excluding carboxylic acids is 1. The molecule has 1 aliphatic heterocycles. The Bertz CT molecular complexity index is 300. The van der Waals surface area contributed by atoms with Gasteiger partial charge in [0.2, 0.25) is 0 Å². The number of ether oxygens (including phenoxy) is 1. The van der Waals surface area contributed by atoms with E-state index in [1.54, 1.807) is 6.92 Å². The van der Waals surface area contributed by atoms with Crippen molar-refractivity contribution in [2.24, 2.45) is 5.92 Å². The van der Waals surface area contributed by atoms with Gasteiger partial charge >= 0.3 is 6.03 Å². The predicted octanol–water partition coefficient (Wildman–Crippen LogP) is 2.43. The maximum atomic E-state index is 11.7. The molecule has 1 saturated heterocycles. The standard InChI is InChI=1S/C16H32N2O3/c1-13(2)7-9-16(3,20)12-18-15(19)17-10-8-14-6-4-5-11-21-14/h13-14,20H,4-12H2,1-3H3,(H2,17,18,19). The minimum Gasteiger partial charge on any atom is -0.388 e. The maximum absolute atomic E-state index is 11.7. The third-order valence-electron chi connectivity index (χ3n) is 3.92. The lowest BCUT2D eigenvalue weighted by Gasteiger charge is -2.25. The number of hydrogen-bond donors (Lipinski definition) is 3. The van der Waals surface area contributed by atoms with Crippen LogP contribution in [0.5, 0.6) is 0 Å². The van der Waals surface area contributed by atoms with Gasteiger partial charge in [-0.1, -0.05) is 13.8 Å². The Morgan fingerprint density at radius 2 is 2.14 bits per heavy atom. The largest absolute Gasteiger partial charge is 0.388 e. The molecule has 0 aromatic heterocycles. The van der Waals surface area contributed by atoms with E-state index < -0.39 is 5.60 Å². The number of rotatable bonds is 8. The molecule has 5 nitrogen and oxygen atoms in total. The summed E-state index contributed by atoms with van der Waals surface area (Å²) in [7, 11) is 0. The molecular formula is C16H32N2O3. The minimum atomic E-state index is -0.839. The second-order valence-electron chi connectivity index (χ2n) is 6.82. The van der Waals surface area contributed by atoms with Crippen LogP contribution >= 0.6 is 0 Å². The summed E-state index contributed by atoms with van der Waals surface area (Å²) in [6.07, 6.45) is 6.25. The molecule has 0 aliphatic carbocycles. The zero-order valence-electron chi connectivity index (χ0n) is 13.8. The van der Waals surface area contributed by atoms with Crippen LogP contribution in [0.4, 0.5) is 4.79 Å². The van der Waals surface area contributed by atoms with Crippen molar-refractivity contribution in [1.29, 1.82) is 0 Å². The highest BCUT2D eigenvalue weighted by Gasteiger charge is 2.21. The van der Waals surface area contributed by atoms with Gasteiger partial charge in [0.1, 0.15) is 0 Å². The molecule has 1 aliphatic rings. The van der Waals surface area contributed by atoms with E-state index in [2.05, 4.69) is 24.5 Å². The van der Waals surface area contributed by atoms with Gasteiger partial charge in [0, 0.05) is 19.7 Å². The van der Waals surface area contributed by atoms with Crippen LogP contribution in [-0.2, 0) is 4.74 Å². The number of hydrogen-bond acceptors (Lipinski definition) is 3. The fourth-order valence-electron chi connectivity index (χ4n) is 2.40. The molecule has 124 valence electrons. The van der Waals surface area contributed by atoms with Crippen LogP contribution < -0.4 is 10.6 Å². The molecule has 0 aromatic carbocycles. The summed E-state index contributed by atoms with van der Waals surface area (Å²) in [6, 6.07) is -0.212. The molecule has 2 atom stereocenters. The molecule has 1 fully saturated rings. The van der Waals surface area contributed by atoms with Gasteiger partial charge in [-0.25, -0.2) is 4.79 Å². The lowest BCUT2D eigenvalue weighted by molar-refractivity contribution is 0.0119. The van der Waals surface area contributed by atoms with Crippen LogP contribution in [0.2, 0.25) is 0 Å². The SMILES string of the molecule is CC(C)CCC(C)(O)CNC(=O)NCCC1CCCCO1. The number of urea groups is 1. The Balaban J connectivity index is 2.09. The van der Waals surface area contributed by atoms with Gasteiger partial charge in [-0.2, -0.15) is 0 Å². The molecule has 0 radical (unpaired) electrons. The van der Waals surface area contributed by atoms with Crippen molar-refractivity contribution in [2.45, 2.75) is 71.0 Å². The Morgan fingerprint density at radius 1 is 1.38 bits per heavy atom. The molecule has 1 heterocycles. The topological polar surface area (TPSA) is 70.6 Å². The smallest absolute Gasteiger partial charge is 0.314 e. The fourth-order valence-corrected chi connectivity index (χ4v) is 2.40. The summed E-state index contributed by atoms with van der Waals surface area (Å²) in [4.78, 5) is 11.7. The molecule has 0 bridgehead atoms. The van der Waals surface area contributed by atoms with Gasteiger partial charge in [0.05, 0.1) is 11.7 Å². The van der Waals surface area contributed by atoms with E-state index in [-0.39, 0.29) is 18.7 Å². The normalized spacial score (nSPS) is 21.9. The highest BCUT2D eigenvalue weighted by Crippen LogP contribution is 2.16. The van der Waals surface area contributed by atoms with E-state index in [1.165, 1.54) is 6.42 Å². The van der Waals surface area contributed by atoms with Gasteiger partial charge in [0.25, 0.3) is 0 Å². The number of amides is 2. The van der Waals surface area contributed by atoms with Crippen molar-refractivity contribution in [1.82, 2.24) is 10.6 Å². The Labute approximate surface area is 128 Å². The molecule has 0 saturated carbocycles. The first-order chi connectivity index (χ1) is 9.89. The summed E-state index contributed by atoms with van der Waals surface area (Å²) >= 11 is 0. The van der Waals surface area contributed by atoms with Crippen molar-refractivity contribution in [2.75, 3.05) is 19.7 Å². The summed E-state index contributed by atoms with van der Waals surface area (Å²) in [6.45, 7) is 7.77. The Kier molecular flexibility index (Phi) is 8.04. The zero-order chi connectivity index (χ0) is 15.7. The average molecular weight is 300 g/mol. The van der Waals surface area contributed by atoms with Crippen molar-refractivity contribution in [3.8, 4) is 0 Å². The summed E-state index contributed by atoms with van der Waals surface area (Å²) < 4.78 is 5.62. The first-order valence-corrected chi connectivity index (χ1v) is 8.25. The third kappa shape index (κ3) is 8.94. The molecule has 21 heavy (non-hydrogen) atoms. The van der Waals surface area contributed by atoms with Gasteiger partial charge in [-0.15, -0.1) is 0 Å². The van der Waals surface area contributed by atoms with Crippen molar-refractivity contribution < 1.29 is 14.6 Å². The second-order valence-corrected chi connectivity index (χ2v) is 6.82. The minimum absolute atomic E-state index is 0.212. The first-order valence-electron chi connectivity index (χ1n) is 8.25. The molecule has 0 spiro atoms. The fraction of sp³-hybridized carbons (Fsp3) is 0.938. The number of aliphatic hydroxyl groups is 1. The molecule has 1 rings (SSSR count). The first kappa shape index (κ1) is 18.2. The van der Waals surface area contributed by atoms with Crippen molar-refractivity contribution >= 4 is 6.03 Å². The number of carbonyl (C=O) groups is 1. The quantitative estimate of drug-likeness (QED) is 0.645. The maximum Gasteiger partial charge on any atom is 0.314 e. The van der Waals surface area contributed by atoms with Gasteiger partial charge in [-0.05, 0) is 51.4 Å². The molecule has 5 heteroatoms. The van der Waals surface area contributed by atoms with Crippen molar-refractivity contribution in [3.63, 3.8) is 0 Å². The monoisotopic (exact) mass is 300 g/mol. The summed E-state index contributed by atoms with van der Waals surface area (Å²) in [5.41, 5.74) is -0.839. The van der Waals surface area contributed by atoms with E-state index in [4.69, 9.17) is 4.74 Å². The van der Waals surface area contributed by atoms with Crippen LogP contribution in [0.3, 0.4) is 0 Å².